The molecule has 10 heavy (non-hydrogen) atoms. The number of carbonyl (C=O) groups excluding carboxylic acids is 1. The first-order valence-corrected chi connectivity index (χ1v) is 3.77. The van der Waals surface area contributed by atoms with E-state index in [1.807, 2.05) is 0 Å². The monoisotopic (exact) mass is 158 g/mol. The highest BCUT2D eigenvalue weighted by atomic mass is 32.2. The highest BCUT2D eigenvalue weighted by molar-refractivity contribution is 8.13. The van der Waals surface area contributed by atoms with Crippen molar-refractivity contribution in [3.8, 4) is 0 Å². The Morgan fingerprint density at radius 1 is 1.90 bits per heavy atom. The van der Waals surface area contributed by atoms with Gasteiger partial charge < -0.3 is 10.3 Å². The van der Waals surface area contributed by atoms with Crippen LogP contribution in [0.4, 0.5) is 5.82 Å². The molecule has 5 heteroatoms. The van der Waals surface area contributed by atoms with E-state index in [2.05, 4.69) is 9.68 Å². The van der Waals surface area contributed by atoms with Gasteiger partial charge in [-0.15, -0.1) is 0 Å². The van der Waals surface area contributed by atoms with Gasteiger partial charge in [-0.25, -0.2) is 0 Å². The molecule has 0 aliphatic rings. The summed E-state index contributed by atoms with van der Waals surface area (Å²) >= 11 is 1.06. The van der Waals surface area contributed by atoms with Crippen LogP contribution >= 0.6 is 11.8 Å². The van der Waals surface area contributed by atoms with Crippen molar-refractivity contribution in [3.63, 3.8) is 0 Å². The maximum atomic E-state index is 10.8. The molecule has 1 rings (SSSR count). The molecule has 54 valence electrons. The largest absolute Gasteiger partial charge is 0.381 e. The van der Waals surface area contributed by atoms with Crippen molar-refractivity contribution in [1.29, 1.82) is 0 Å². The quantitative estimate of drug-likeness (QED) is 0.653. The van der Waals surface area contributed by atoms with Gasteiger partial charge in [0, 0.05) is 6.07 Å². The second-order valence-electron chi connectivity index (χ2n) is 1.61. The van der Waals surface area contributed by atoms with Crippen LogP contribution in [0, 0.1) is 0 Å². The summed E-state index contributed by atoms with van der Waals surface area (Å²) in [6.07, 6.45) is 1.67. The number of nitrogens with zero attached hydrogens (tertiary/aromatic N) is 1. The normalized spacial score (nSPS) is 9.70. The van der Waals surface area contributed by atoms with Gasteiger partial charge in [0.25, 0.3) is 5.12 Å². The molecule has 2 N–H and O–H groups in total. The number of carbonyl (C=O) groups is 1. The maximum Gasteiger partial charge on any atom is 0.257 e. The molecule has 1 aromatic heterocycles. The highest BCUT2D eigenvalue weighted by Gasteiger charge is 2.08. The number of nitrogens with two attached hydrogens (primary N) is 1. The number of thioether (sulfide) groups is 1. The number of aromatic nitrogens is 1. The van der Waals surface area contributed by atoms with Crippen LogP contribution in [0.2, 0.25) is 0 Å². The molecule has 0 aliphatic carbocycles. The van der Waals surface area contributed by atoms with E-state index in [0.29, 0.717) is 0 Å². The molecular weight excluding hydrogens is 152 g/mol. The van der Waals surface area contributed by atoms with Gasteiger partial charge in [0.05, 0.1) is 0 Å². The van der Waals surface area contributed by atoms with E-state index in [-0.39, 0.29) is 16.7 Å². The molecule has 0 fully saturated rings. The van der Waals surface area contributed by atoms with Crippen molar-refractivity contribution in [2.45, 2.75) is 0 Å². The summed E-state index contributed by atoms with van der Waals surface area (Å²) in [6.45, 7) is 0. The predicted molar refractivity (Wildman–Crippen MR) is 38.8 cm³/mol. The van der Waals surface area contributed by atoms with Crippen LogP contribution in [0.5, 0.6) is 0 Å². The van der Waals surface area contributed by atoms with Crippen molar-refractivity contribution in [2.75, 3.05) is 12.0 Å². The Morgan fingerprint density at radius 2 is 2.60 bits per heavy atom. The minimum absolute atomic E-state index is 0.163. The standard InChI is InChI=1S/C5H6N2O2S/c1-10-5(8)3-2-4(6)7-9-3/h2H,1H3,(H2,6,7). The van der Waals surface area contributed by atoms with Crippen LogP contribution in [0.15, 0.2) is 10.6 Å². The number of rotatable bonds is 1. The van der Waals surface area contributed by atoms with Crippen molar-refractivity contribution in [1.82, 2.24) is 5.16 Å². The summed E-state index contributed by atoms with van der Waals surface area (Å²) < 4.78 is 4.57. The average molecular weight is 158 g/mol. The Kier molecular flexibility index (Phi) is 1.96. The van der Waals surface area contributed by atoms with E-state index in [1.54, 1.807) is 6.26 Å². The third-order valence-electron chi connectivity index (χ3n) is 0.915. The Morgan fingerprint density at radius 3 is 3.00 bits per heavy atom. The van der Waals surface area contributed by atoms with Crippen molar-refractivity contribution in [3.05, 3.63) is 11.8 Å². The molecule has 0 unspecified atom stereocenters. The lowest BCUT2D eigenvalue weighted by atomic mass is 10.5. The maximum absolute atomic E-state index is 10.8. The second kappa shape index (κ2) is 2.74. The second-order valence-corrected chi connectivity index (χ2v) is 2.39. The van der Waals surface area contributed by atoms with Gasteiger partial charge >= 0.3 is 0 Å². The minimum Gasteiger partial charge on any atom is -0.381 e. The van der Waals surface area contributed by atoms with Crippen LogP contribution in [0.3, 0.4) is 0 Å². The van der Waals surface area contributed by atoms with Crippen molar-refractivity contribution in [2.24, 2.45) is 0 Å². The number of anilines is 1. The Bertz CT molecular complexity index is 246. The van der Waals surface area contributed by atoms with E-state index in [0.717, 1.165) is 11.8 Å². The third kappa shape index (κ3) is 1.30. The summed E-state index contributed by atoms with van der Waals surface area (Å²) in [5, 5.41) is 3.19. The molecule has 0 spiro atoms. The van der Waals surface area contributed by atoms with Gasteiger partial charge in [-0.1, -0.05) is 16.9 Å². The molecule has 0 saturated heterocycles. The fourth-order valence-corrected chi connectivity index (χ4v) is 0.783. The van der Waals surface area contributed by atoms with Crippen molar-refractivity contribution < 1.29 is 9.32 Å². The van der Waals surface area contributed by atoms with Gasteiger partial charge in [0.2, 0.25) is 5.76 Å². The van der Waals surface area contributed by atoms with Crippen LogP contribution < -0.4 is 5.73 Å². The Labute approximate surface area is 61.8 Å². The molecule has 0 atom stereocenters. The SMILES string of the molecule is CSC(=O)c1cc(N)no1. The minimum atomic E-state index is -0.163. The zero-order valence-corrected chi connectivity index (χ0v) is 6.14. The van der Waals surface area contributed by atoms with E-state index < -0.39 is 0 Å². The molecular formula is C5H6N2O2S. The highest BCUT2D eigenvalue weighted by Crippen LogP contribution is 2.11. The molecule has 1 heterocycles. The molecule has 1 aromatic rings. The van der Waals surface area contributed by atoms with E-state index >= 15 is 0 Å². The Hall–Kier alpha value is -0.970. The molecule has 0 aromatic carbocycles. The summed E-state index contributed by atoms with van der Waals surface area (Å²) in [5.74, 6) is 0.433. The van der Waals surface area contributed by atoms with Crippen LogP contribution in [-0.4, -0.2) is 16.5 Å². The smallest absolute Gasteiger partial charge is 0.257 e. The summed E-state index contributed by atoms with van der Waals surface area (Å²) in [4.78, 5) is 10.8. The number of nitrogen functional groups attached to an aromatic ring is 1. The fraction of sp³-hybridized carbons (Fsp3) is 0.200. The zero-order chi connectivity index (χ0) is 7.56. The lowest BCUT2D eigenvalue weighted by Gasteiger charge is -1.83. The van der Waals surface area contributed by atoms with Gasteiger partial charge in [-0.3, -0.25) is 4.79 Å². The first-order valence-electron chi connectivity index (χ1n) is 2.54. The number of hydrogen-bond donors (Lipinski definition) is 1. The summed E-state index contributed by atoms with van der Waals surface area (Å²) in [7, 11) is 0. The van der Waals surface area contributed by atoms with Crippen LogP contribution in [0.1, 0.15) is 10.6 Å². The zero-order valence-electron chi connectivity index (χ0n) is 5.33. The molecule has 0 bridgehead atoms. The van der Waals surface area contributed by atoms with Gasteiger partial charge in [-0.2, -0.15) is 0 Å². The summed E-state index contributed by atoms with van der Waals surface area (Å²) in [6, 6.07) is 1.40. The topological polar surface area (TPSA) is 69.1 Å². The molecule has 0 radical (unpaired) electrons. The van der Waals surface area contributed by atoms with Gasteiger partial charge in [0.1, 0.15) is 0 Å². The molecule has 0 amide bonds. The molecule has 0 saturated carbocycles. The van der Waals surface area contributed by atoms with Gasteiger partial charge in [0.15, 0.2) is 5.82 Å². The first-order chi connectivity index (χ1) is 4.74. The lowest BCUT2D eigenvalue weighted by molar-refractivity contribution is 0.105. The Balaban J connectivity index is 2.85. The fourth-order valence-electron chi connectivity index (χ4n) is 0.486. The third-order valence-corrected chi connectivity index (χ3v) is 1.49. The lowest BCUT2D eigenvalue weighted by Crippen LogP contribution is -1.87. The predicted octanol–water partition coefficient (Wildman–Crippen LogP) is 0.760. The van der Waals surface area contributed by atoms with E-state index in [9.17, 15) is 4.79 Å². The molecule has 0 aliphatic heterocycles. The van der Waals surface area contributed by atoms with E-state index in [1.165, 1.54) is 6.07 Å². The van der Waals surface area contributed by atoms with E-state index in [4.69, 9.17) is 5.73 Å². The van der Waals surface area contributed by atoms with Gasteiger partial charge in [-0.05, 0) is 6.26 Å². The van der Waals surface area contributed by atoms with Crippen LogP contribution in [0.25, 0.3) is 0 Å². The average Bonchev–Trinajstić information content (AvgIpc) is 2.34. The van der Waals surface area contributed by atoms with Crippen LogP contribution in [-0.2, 0) is 0 Å². The number of hydrogen-bond acceptors (Lipinski definition) is 5. The first kappa shape index (κ1) is 7.14. The van der Waals surface area contributed by atoms with Crippen molar-refractivity contribution >= 4 is 22.7 Å². The molecule has 4 nitrogen and oxygen atoms in total. The summed E-state index contributed by atoms with van der Waals surface area (Å²) in [5.41, 5.74) is 5.20.